The molecule has 1 aliphatic rings. The van der Waals surface area contributed by atoms with Gasteiger partial charge in [0.05, 0.1) is 17.3 Å². The van der Waals surface area contributed by atoms with E-state index in [9.17, 15) is 14.7 Å². The maximum absolute atomic E-state index is 12.4. The van der Waals surface area contributed by atoms with E-state index >= 15 is 0 Å². The van der Waals surface area contributed by atoms with Gasteiger partial charge in [0, 0.05) is 6.20 Å². The van der Waals surface area contributed by atoms with Crippen LogP contribution in [0.1, 0.15) is 39.5 Å². The standard InChI is InChI=1S/C15H21N3O3/c1-4-6-15(7-5-8-15)12(19)17-11-9-16-18(10-11)14(2,3)13(20)21/h4,9-10H,1,5-8H2,2-3H3,(H,17,19)(H,20,21). The minimum atomic E-state index is -1.15. The number of rotatable bonds is 6. The number of aliphatic carboxylic acids is 1. The van der Waals surface area contributed by atoms with Gasteiger partial charge < -0.3 is 10.4 Å². The van der Waals surface area contributed by atoms with Gasteiger partial charge >= 0.3 is 5.97 Å². The number of amides is 1. The average molecular weight is 291 g/mol. The fraction of sp³-hybridized carbons (Fsp3) is 0.533. The number of carboxylic acid groups (broad SMARTS) is 1. The van der Waals surface area contributed by atoms with Crippen LogP contribution in [0.4, 0.5) is 5.69 Å². The number of carbonyl (C=O) groups excluding carboxylic acids is 1. The van der Waals surface area contributed by atoms with Crippen LogP contribution in [-0.2, 0) is 15.1 Å². The van der Waals surface area contributed by atoms with Crippen molar-refractivity contribution in [2.24, 2.45) is 5.41 Å². The molecule has 1 aliphatic carbocycles. The molecule has 0 aromatic carbocycles. The van der Waals surface area contributed by atoms with Crippen molar-refractivity contribution in [1.82, 2.24) is 9.78 Å². The van der Waals surface area contributed by atoms with Crippen molar-refractivity contribution in [3.05, 3.63) is 25.0 Å². The molecule has 0 spiro atoms. The number of hydrogen-bond acceptors (Lipinski definition) is 3. The van der Waals surface area contributed by atoms with Crippen molar-refractivity contribution in [3.63, 3.8) is 0 Å². The van der Waals surface area contributed by atoms with E-state index in [1.807, 2.05) is 0 Å². The van der Waals surface area contributed by atoms with Crippen LogP contribution in [0.3, 0.4) is 0 Å². The number of allylic oxidation sites excluding steroid dienone is 1. The molecule has 6 heteroatoms. The van der Waals surface area contributed by atoms with E-state index in [4.69, 9.17) is 0 Å². The number of hydrogen-bond donors (Lipinski definition) is 2. The molecule has 1 fully saturated rings. The second-order valence-electron chi connectivity index (χ2n) is 6.12. The molecular formula is C15H21N3O3. The van der Waals surface area contributed by atoms with E-state index in [-0.39, 0.29) is 11.3 Å². The van der Waals surface area contributed by atoms with Crippen molar-refractivity contribution in [1.29, 1.82) is 0 Å². The molecule has 0 atom stereocenters. The fourth-order valence-corrected chi connectivity index (χ4v) is 2.46. The number of nitrogens with zero attached hydrogens (tertiary/aromatic N) is 2. The van der Waals surface area contributed by atoms with Crippen molar-refractivity contribution in [2.75, 3.05) is 5.32 Å². The van der Waals surface area contributed by atoms with Crippen LogP contribution in [0.2, 0.25) is 0 Å². The van der Waals surface area contributed by atoms with Crippen molar-refractivity contribution >= 4 is 17.6 Å². The van der Waals surface area contributed by atoms with Crippen LogP contribution in [-0.4, -0.2) is 26.8 Å². The number of aromatic nitrogens is 2. The molecule has 1 heterocycles. The average Bonchev–Trinajstić information content (AvgIpc) is 2.82. The molecule has 2 N–H and O–H groups in total. The monoisotopic (exact) mass is 291 g/mol. The second-order valence-corrected chi connectivity index (χ2v) is 6.12. The Labute approximate surface area is 123 Å². The van der Waals surface area contributed by atoms with Crippen LogP contribution in [0.5, 0.6) is 0 Å². The Morgan fingerprint density at radius 2 is 2.24 bits per heavy atom. The lowest BCUT2D eigenvalue weighted by Crippen LogP contribution is -2.41. The molecule has 21 heavy (non-hydrogen) atoms. The summed E-state index contributed by atoms with van der Waals surface area (Å²) in [6, 6.07) is 0. The summed E-state index contributed by atoms with van der Waals surface area (Å²) in [4.78, 5) is 23.6. The molecule has 1 amide bonds. The fourth-order valence-electron chi connectivity index (χ4n) is 2.46. The number of carboxylic acids is 1. The van der Waals surface area contributed by atoms with E-state index in [2.05, 4.69) is 17.0 Å². The Balaban J connectivity index is 2.11. The summed E-state index contributed by atoms with van der Waals surface area (Å²) in [5.74, 6) is -1.02. The predicted molar refractivity (Wildman–Crippen MR) is 78.9 cm³/mol. The van der Waals surface area contributed by atoms with Gasteiger partial charge in [-0.25, -0.2) is 4.79 Å². The first kappa shape index (κ1) is 15.3. The summed E-state index contributed by atoms with van der Waals surface area (Å²) < 4.78 is 1.34. The third-order valence-corrected chi connectivity index (χ3v) is 4.26. The van der Waals surface area contributed by atoms with Crippen molar-refractivity contribution in [3.8, 4) is 0 Å². The first-order chi connectivity index (χ1) is 9.82. The topological polar surface area (TPSA) is 84.2 Å². The maximum Gasteiger partial charge on any atom is 0.331 e. The quantitative estimate of drug-likeness (QED) is 0.788. The van der Waals surface area contributed by atoms with Crippen LogP contribution < -0.4 is 5.32 Å². The highest BCUT2D eigenvalue weighted by Gasteiger charge is 2.43. The van der Waals surface area contributed by atoms with Gasteiger partial charge in [0.15, 0.2) is 5.54 Å². The summed E-state index contributed by atoms with van der Waals surface area (Å²) in [5, 5.41) is 16.0. The lowest BCUT2D eigenvalue weighted by Gasteiger charge is -2.39. The van der Waals surface area contributed by atoms with Gasteiger partial charge in [0.1, 0.15) is 0 Å². The molecule has 0 bridgehead atoms. The van der Waals surface area contributed by atoms with Gasteiger partial charge in [-0.2, -0.15) is 5.10 Å². The Morgan fingerprint density at radius 3 is 2.71 bits per heavy atom. The molecule has 114 valence electrons. The molecule has 6 nitrogen and oxygen atoms in total. The minimum absolute atomic E-state index is 0.0404. The first-order valence-electron chi connectivity index (χ1n) is 7.03. The van der Waals surface area contributed by atoms with E-state index in [1.54, 1.807) is 26.1 Å². The van der Waals surface area contributed by atoms with Crippen molar-refractivity contribution in [2.45, 2.75) is 45.1 Å². The van der Waals surface area contributed by atoms with Gasteiger partial charge in [-0.15, -0.1) is 6.58 Å². The second kappa shape index (κ2) is 5.35. The Morgan fingerprint density at radius 1 is 1.57 bits per heavy atom. The molecule has 0 unspecified atom stereocenters. The molecule has 0 aliphatic heterocycles. The van der Waals surface area contributed by atoms with Crippen LogP contribution in [0, 0.1) is 5.41 Å². The maximum atomic E-state index is 12.4. The molecule has 1 saturated carbocycles. The lowest BCUT2D eigenvalue weighted by molar-refractivity contribution is -0.146. The SMILES string of the molecule is C=CCC1(C(=O)Nc2cnn(C(C)(C)C(=O)O)c2)CCC1. The molecule has 0 saturated heterocycles. The summed E-state index contributed by atoms with van der Waals surface area (Å²) in [6.45, 7) is 6.82. The van der Waals surface area contributed by atoms with Crippen molar-refractivity contribution < 1.29 is 14.7 Å². The summed E-state index contributed by atoms with van der Waals surface area (Å²) >= 11 is 0. The van der Waals surface area contributed by atoms with Gasteiger partial charge in [-0.05, 0) is 33.1 Å². The van der Waals surface area contributed by atoms with Gasteiger partial charge in [0.25, 0.3) is 0 Å². The normalized spacial score (nSPS) is 16.9. The van der Waals surface area contributed by atoms with E-state index in [0.717, 1.165) is 19.3 Å². The van der Waals surface area contributed by atoms with Gasteiger partial charge in [-0.3, -0.25) is 9.48 Å². The van der Waals surface area contributed by atoms with Crippen LogP contribution >= 0.6 is 0 Å². The van der Waals surface area contributed by atoms with Gasteiger partial charge in [-0.1, -0.05) is 12.5 Å². The third kappa shape index (κ3) is 2.70. The summed E-state index contributed by atoms with van der Waals surface area (Å²) in [7, 11) is 0. The number of nitrogens with one attached hydrogen (secondary N) is 1. The molecule has 1 aromatic heterocycles. The Bertz CT molecular complexity index is 570. The van der Waals surface area contributed by atoms with Crippen LogP contribution in [0.15, 0.2) is 25.0 Å². The number of anilines is 1. The zero-order chi connectivity index (χ0) is 15.7. The zero-order valence-electron chi connectivity index (χ0n) is 12.4. The molecule has 0 radical (unpaired) electrons. The summed E-state index contributed by atoms with van der Waals surface area (Å²) in [6.07, 6.45) is 8.23. The smallest absolute Gasteiger partial charge is 0.331 e. The minimum Gasteiger partial charge on any atom is -0.479 e. The number of carbonyl (C=O) groups is 2. The summed E-state index contributed by atoms with van der Waals surface area (Å²) in [5.41, 5.74) is -0.991. The van der Waals surface area contributed by atoms with Gasteiger partial charge in [0.2, 0.25) is 5.91 Å². The van der Waals surface area contributed by atoms with E-state index < -0.39 is 11.5 Å². The molecule has 1 aromatic rings. The highest BCUT2D eigenvalue weighted by Crippen LogP contribution is 2.45. The third-order valence-electron chi connectivity index (χ3n) is 4.26. The first-order valence-corrected chi connectivity index (χ1v) is 7.03. The predicted octanol–water partition coefficient (Wildman–Crippen LogP) is 2.39. The highest BCUT2D eigenvalue weighted by molar-refractivity contribution is 5.95. The lowest BCUT2D eigenvalue weighted by atomic mass is 9.66. The Hall–Kier alpha value is -2.11. The highest BCUT2D eigenvalue weighted by atomic mass is 16.4. The van der Waals surface area contributed by atoms with Crippen LogP contribution in [0.25, 0.3) is 0 Å². The molecular weight excluding hydrogens is 270 g/mol. The zero-order valence-corrected chi connectivity index (χ0v) is 12.4. The van der Waals surface area contributed by atoms with E-state index in [0.29, 0.717) is 12.1 Å². The van der Waals surface area contributed by atoms with E-state index in [1.165, 1.54) is 10.9 Å². The molecule has 2 rings (SSSR count). The largest absolute Gasteiger partial charge is 0.479 e. The Kier molecular flexibility index (Phi) is 3.89.